The molecule has 1 amide bonds. The standard InChI is InChI=1S/C22H29BrN4O/c1-5-6-7-12-27-20(28)11-9-17-15(4)24-22(26-21(17)27)25-19-10-8-16(14(2)3)13-18(19)23/h8,10,13-14H,5-7,9,11-12H2,1-4H3,(H,24,25,26). The zero-order chi connectivity index (χ0) is 20.3. The maximum atomic E-state index is 12.5. The monoisotopic (exact) mass is 444 g/mol. The van der Waals surface area contributed by atoms with Crippen LogP contribution in [0.4, 0.5) is 17.5 Å². The molecule has 1 aliphatic rings. The van der Waals surface area contributed by atoms with Crippen molar-refractivity contribution in [1.29, 1.82) is 0 Å². The lowest BCUT2D eigenvalue weighted by atomic mass is 10.0. The Balaban J connectivity index is 1.90. The van der Waals surface area contributed by atoms with E-state index in [0.29, 0.717) is 18.3 Å². The number of benzene rings is 1. The lowest BCUT2D eigenvalue weighted by Gasteiger charge is -2.29. The van der Waals surface area contributed by atoms with E-state index in [1.807, 2.05) is 17.9 Å². The van der Waals surface area contributed by atoms with Crippen molar-refractivity contribution in [3.05, 3.63) is 39.5 Å². The Morgan fingerprint density at radius 2 is 2.00 bits per heavy atom. The van der Waals surface area contributed by atoms with Crippen molar-refractivity contribution >= 4 is 39.3 Å². The molecule has 0 bridgehead atoms. The van der Waals surface area contributed by atoms with Crippen LogP contribution in [0, 0.1) is 6.92 Å². The second-order valence-corrected chi connectivity index (χ2v) is 8.56. The average molecular weight is 445 g/mol. The number of halogens is 1. The molecule has 28 heavy (non-hydrogen) atoms. The van der Waals surface area contributed by atoms with Gasteiger partial charge in [0.15, 0.2) is 0 Å². The van der Waals surface area contributed by atoms with Crippen molar-refractivity contribution in [2.45, 2.75) is 65.7 Å². The number of carbonyl (C=O) groups excluding carboxylic acids is 1. The summed E-state index contributed by atoms with van der Waals surface area (Å²) in [7, 11) is 0. The van der Waals surface area contributed by atoms with Crippen LogP contribution in [0.5, 0.6) is 0 Å². The molecule has 0 saturated heterocycles. The second kappa shape index (κ2) is 9.03. The van der Waals surface area contributed by atoms with E-state index in [1.165, 1.54) is 5.56 Å². The predicted octanol–water partition coefficient (Wildman–Crippen LogP) is 5.88. The van der Waals surface area contributed by atoms with Crippen molar-refractivity contribution in [2.75, 3.05) is 16.8 Å². The van der Waals surface area contributed by atoms with Crippen LogP contribution in [0.2, 0.25) is 0 Å². The Hall–Kier alpha value is -1.95. The Kier molecular flexibility index (Phi) is 6.70. The number of hydrogen-bond acceptors (Lipinski definition) is 4. The van der Waals surface area contributed by atoms with Gasteiger partial charge in [-0.2, -0.15) is 4.98 Å². The van der Waals surface area contributed by atoms with Gasteiger partial charge in [-0.3, -0.25) is 9.69 Å². The summed E-state index contributed by atoms with van der Waals surface area (Å²) in [6, 6.07) is 6.28. The van der Waals surface area contributed by atoms with Crippen molar-refractivity contribution in [3.8, 4) is 0 Å². The van der Waals surface area contributed by atoms with Gasteiger partial charge in [0.1, 0.15) is 5.82 Å². The first-order valence-electron chi connectivity index (χ1n) is 10.1. The van der Waals surface area contributed by atoms with Crippen LogP contribution in [0.3, 0.4) is 0 Å². The maximum Gasteiger partial charge on any atom is 0.229 e. The molecule has 0 spiro atoms. The number of amides is 1. The molecule has 6 heteroatoms. The van der Waals surface area contributed by atoms with E-state index in [1.54, 1.807) is 0 Å². The molecule has 1 aliphatic heterocycles. The molecule has 0 radical (unpaired) electrons. The van der Waals surface area contributed by atoms with Gasteiger partial charge in [0.2, 0.25) is 11.9 Å². The fourth-order valence-electron chi connectivity index (χ4n) is 3.50. The summed E-state index contributed by atoms with van der Waals surface area (Å²) in [5.74, 6) is 1.94. The summed E-state index contributed by atoms with van der Waals surface area (Å²) < 4.78 is 0.980. The van der Waals surface area contributed by atoms with Gasteiger partial charge in [0.05, 0.1) is 5.69 Å². The molecule has 0 atom stereocenters. The van der Waals surface area contributed by atoms with Crippen LogP contribution in [-0.2, 0) is 11.2 Å². The average Bonchev–Trinajstić information content (AvgIpc) is 2.65. The van der Waals surface area contributed by atoms with Crippen LogP contribution in [-0.4, -0.2) is 22.4 Å². The van der Waals surface area contributed by atoms with Gasteiger partial charge in [-0.05, 0) is 59.3 Å². The third kappa shape index (κ3) is 4.54. The van der Waals surface area contributed by atoms with Crippen molar-refractivity contribution in [2.24, 2.45) is 0 Å². The molecule has 3 rings (SSSR count). The molecule has 0 aliphatic carbocycles. The highest BCUT2D eigenvalue weighted by atomic mass is 79.9. The molecular weight excluding hydrogens is 416 g/mol. The highest BCUT2D eigenvalue weighted by molar-refractivity contribution is 9.10. The predicted molar refractivity (Wildman–Crippen MR) is 118 cm³/mol. The quantitative estimate of drug-likeness (QED) is 0.541. The van der Waals surface area contributed by atoms with Gasteiger partial charge in [-0.1, -0.05) is 39.7 Å². The SMILES string of the molecule is CCCCCN1C(=O)CCc2c(C)nc(Nc3ccc(C(C)C)cc3Br)nc21. The molecule has 1 aromatic carbocycles. The van der Waals surface area contributed by atoms with Gasteiger partial charge in [-0.25, -0.2) is 4.98 Å². The van der Waals surface area contributed by atoms with Crippen molar-refractivity contribution in [3.63, 3.8) is 0 Å². The van der Waals surface area contributed by atoms with E-state index < -0.39 is 0 Å². The Bertz CT molecular complexity index is 866. The van der Waals surface area contributed by atoms with E-state index in [0.717, 1.165) is 59.5 Å². The molecule has 2 aromatic rings. The van der Waals surface area contributed by atoms with Crippen LogP contribution in [0.1, 0.15) is 69.2 Å². The summed E-state index contributed by atoms with van der Waals surface area (Å²) in [6.45, 7) is 9.25. The number of nitrogens with one attached hydrogen (secondary N) is 1. The topological polar surface area (TPSA) is 58.1 Å². The van der Waals surface area contributed by atoms with Gasteiger partial charge >= 0.3 is 0 Å². The minimum atomic E-state index is 0.162. The van der Waals surface area contributed by atoms with Gasteiger partial charge in [0, 0.05) is 28.7 Å². The molecule has 1 N–H and O–H groups in total. The third-order valence-corrected chi connectivity index (χ3v) is 5.89. The number of anilines is 3. The largest absolute Gasteiger partial charge is 0.323 e. The van der Waals surface area contributed by atoms with Gasteiger partial charge in [0.25, 0.3) is 0 Å². The van der Waals surface area contributed by atoms with Gasteiger partial charge < -0.3 is 5.32 Å². The van der Waals surface area contributed by atoms with Crippen LogP contribution >= 0.6 is 15.9 Å². The minimum absolute atomic E-state index is 0.162. The fraction of sp³-hybridized carbons (Fsp3) is 0.500. The Morgan fingerprint density at radius 3 is 2.68 bits per heavy atom. The molecule has 1 aromatic heterocycles. The van der Waals surface area contributed by atoms with E-state index in [2.05, 4.69) is 59.1 Å². The van der Waals surface area contributed by atoms with E-state index in [-0.39, 0.29) is 5.91 Å². The number of aryl methyl sites for hydroxylation is 1. The summed E-state index contributed by atoms with van der Waals surface area (Å²) in [6.07, 6.45) is 4.50. The molecule has 150 valence electrons. The lowest BCUT2D eigenvalue weighted by Crippen LogP contribution is -2.37. The summed E-state index contributed by atoms with van der Waals surface area (Å²) in [5.41, 5.74) is 4.22. The van der Waals surface area contributed by atoms with E-state index >= 15 is 0 Å². The number of aromatic nitrogens is 2. The first-order valence-corrected chi connectivity index (χ1v) is 10.9. The first-order chi connectivity index (χ1) is 13.4. The second-order valence-electron chi connectivity index (χ2n) is 7.71. The van der Waals surface area contributed by atoms with Gasteiger partial charge in [-0.15, -0.1) is 0 Å². The Labute approximate surface area is 176 Å². The molecule has 0 saturated carbocycles. The lowest BCUT2D eigenvalue weighted by molar-refractivity contribution is -0.119. The number of carbonyl (C=O) groups is 1. The zero-order valence-corrected chi connectivity index (χ0v) is 18.8. The molecule has 0 fully saturated rings. The number of hydrogen-bond donors (Lipinski definition) is 1. The van der Waals surface area contributed by atoms with E-state index in [4.69, 9.17) is 4.98 Å². The first kappa shape index (κ1) is 20.8. The maximum absolute atomic E-state index is 12.5. The van der Waals surface area contributed by atoms with Crippen LogP contribution < -0.4 is 10.2 Å². The highest BCUT2D eigenvalue weighted by Crippen LogP contribution is 2.32. The van der Waals surface area contributed by atoms with E-state index in [9.17, 15) is 4.79 Å². The molecule has 2 heterocycles. The number of nitrogens with zero attached hydrogens (tertiary/aromatic N) is 3. The molecule has 5 nitrogen and oxygen atoms in total. The summed E-state index contributed by atoms with van der Waals surface area (Å²) in [4.78, 5) is 23.8. The molecular formula is C22H29BrN4O. The van der Waals surface area contributed by atoms with Crippen LogP contribution in [0.15, 0.2) is 22.7 Å². The normalized spacial score (nSPS) is 13.8. The van der Waals surface area contributed by atoms with Crippen LogP contribution in [0.25, 0.3) is 0 Å². The van der Waals surface area contributed by atoms with Crippen molar-refractivity contribution < 1.29 is 4.79 Å². The number of rotatable bonds is 7. The highest BCUT2D eigenvalue weighted by Gasteiger charge is 2.27. The van der Waals surface area contributed by atoms with Crippen molar-refractivity contribution in [1.82, 2.24) is 9.97 Å². The molecule has 0 unspecified atom stereocenters. The fourth-order valence-corrected chi connectivity index (χ4v) is 4.00. The third-order valence-electron chi connectivity index (χ3n) is 5.23. The Morgan fingerprint density at radius 1 is 1.21 bits per heavy atom. The number of fused-ring (bicyclic) bond motifs is 1. The zero-order valence-electron chi connectivity index (χ0n) is 17.2. The smallest absolute Gasteiger partial charge is 0.229 e. The minimum Gasteiger partial charge on any atom is -0.323 e. The number of unbranched alkanes of at least 4 members (excludes halogenated alkanes) is 2. The summed E-state index contributed by atoms with van der Waals surface area (Å²) in [5, 5.41) is 3.32. The summed E-state index contributed by atoms with van der Waals surface area (Å²) >= 11 is 3.65.